The van der Waals surface area contributed by atoms with Gasteiger partial charge in [0.1, 0.15) is 4.88 Å². The van der Waals surface area contributed by atoms with Crippen molar-refractivity contribution < 1.29 is 22.7 Å². The molecule has 0 radical (unpaired) electrons. The van der Waals surface area contributed by atoms with Crippen LogP contribution in [0, 0.1) is 0 Å². The molecule has 0 aliphatic rings. The van der Waals surface area contributed by atoms with Gasteiger partial charge in [0.15, 0.2) is 5.13 Å². The Morgan fingerprint density at radius 1 is 1.40 bits per heavy atom. The Balaban J connectivity index is 2.18. The fraction of sp³-hybridized carbons (Fsp3) is 0.167. The Morgan fingerprint density at radius 2 is 2.15 bits per heavy atom. The molecule has 0 amide bonds. The van der Waals surface area contributed by atoms with Crippen LogP contribution in [0.4, 0.5) is 24.0 Å². The second-order valence-corrected chi connectivity index (χ2v) is 4.76. The molecule has 2 aromatic rings. The first kappa shape index (κ1) is 14.3. The van der Waals surface area contributed by atoms with Gasteiger partial charge in [-0.15, -0.1) is 0 Å². The van der Waals surface area contributed by atoms with Gasteiger partial charge in [-0.25, -0.2) is 9.78 Å². The maximum absolute atomic E-state index is 12.6. The van der Waals surface area contributed by atoms with Crippen LogP contribution in [-0.4, -0.2) is 18.1 Å². The number of anilines is 2. The number of nitrogens with one attached hydrogen (secondary N) is 1. The van der Waals surface area contributed by atoms with Gasteiger partial charge in [0.2, 0.25) is 0 Å². The van der Waals surface area contributed by atoms with E-state index >= 15 is 0 Å². The summed E-state index contributed by atoms with van der Waals surface area (Å²) in [5, 5.41) is 3.03. The molecule has 1 aromatic carbocycles. The van der Waals surface area contributed by atoms with E-state index in [1.807, 2.05) is 0 Å². The van der Waals surface area contributed by atoms with Crippen molar-refractivity contribution in [2.75, 3.05) is 12.4 Å². The second kappa shape index (κ2) is 5.49. The molecule has 0 saturated carbocycles. The Morgan fingerprint density at radius 3 is 2.80 bits per heavy atom. The van der Waals surface area contributed by atoms with Crippen LogP contribution in [-0.2, 0) is 10.9 Å². The number of ether oxygens (including phenoxy) is 1. The van der Waals surface area contributed by atoms with Crippen molar-refractivity contribution >= 4 is 28.1 Å². The highest BCUT2D eigenvalue weighted by Crippen LogP contribution is 2.32. The van der Waals surface area contributed by atoms with Crippen molar-refractivity contribution in [2.45, 2.75) is 6.18 Å². The lowest BCUT2D eigenvalue weighted by atomic mass is 10.2. The van der Waals surface area contributed by atoms with E-state index < -0.39 is 17.7 Å². The summed E-state index contributed by atoms with van der Waals surface area (Å²) >= 11 is 0.996. The number of methoxy groups -OCH3 is 1. The third-order valence-electron chi connectivity index (χ3n) is 2.33. The first-order valence-corrected chi connectivity index (χ1v) is 6.20. The van der Waals surface area contributed by atoms with E-state index in [4.69, 9.17) is 0 Å². The number of halogens is 3. The molecule has 0 aliphatic heterocycles. The summed E-state index contributed by atoms with van der Waals surface area (Å²) in [6.45, 7) is 0. The highest BCUT2D eigenvalue weighted by atomic mass is 32.1. The number of alkyl halides is 3. The third kappa shape index (κ3) is 3.27. The molecular weight excluding hydrogens is 293 g/mol. The van der Waals surface area contributed by atoms with Gasteiger partial charge in [0.05, 0.1) is 18.9 Å². The Bertz CT molecular complexity index is 625. The van der Waals surface area contributed by atoms with Gasteiger partial charge in [-0.1, -0.05) is 17.4 Å². The molecule has 1 N–H and O–H groups in total. The van der Waals surface area contributed by atoms with Crippen LogP contribution < -0.4 is 5.32 Å². The van der Waals surface area contributed by atoms with Gasteiger partial charge in [0, 0.05) is 5.69 Å². The number of thiazole rings is 1. The number of carbonyl (C=O) groups excluding carboxylic acids is 1. The number of rotatable bonds is 3. The quantitative estimate of drug-likeness (QED) is 0.879. The Labute approximate surface area is 116 Å². The van der Waals surface area contributed by atoms with Crippen molar-refractivity contribution in [3.05, 3.63) is 40.9 Å². The van der Waals surface area contributed by atoms with Crippen LogP contribution in [0.1, 0.15) is 15.2 Å². The predicted molar refractivity (Wildman–Crippen MR) is 68.2 cm³/mol. The summed E-state index contributed by atoms with van der Waals surface area (Å²) in [5.74, 6) is -0.542. The van der Waals surface area contributed by atoms with Crippen molar-refractivity contribution in [2.24, 2.45) is 0 Å². The molecule has 2 rings (SSSR count). The van der Waals surface area contributed by atoms with E-state index in [2.05, 4.69) is 15.0 Å². The summed E-state index contributed by atoms with van der Waals surface area (Å²) in [7, 11) is 1.24. The van der Waals surface area contributed by atoms with Crippen molar-refractivity contribution in [1.82, 2.24) is 4.98 Å². The normalized spacial score (nSPS) is 11.2. The molecule has 4 nitrogen and oxygen atoms in total. The fourth-order valence-electron chi connectivity index (χ4n) is 1.42. The monoisotopic (exact) mass is 302 g/mol. The smallest absolute Gasteiger partial charge is 0.416 e. The lowest BCUT2D eigenvalue weighted by Crippen LogP contribution is -2.05. The summed E-state index contributed by atoms with van der Waals surface area (Å²) in [6.07, 6.45) is -3.11. The van der Waals surface area contributed by atoms with E-state index in [0.717, 1.165) is 23.5 Å². The topological polar surface area (TPSA) is 51.2 Å². The predicted octanol–water partition coefficient (Wildman–Crippen LogP) is 3.69. The average Bonchev–Trinajstić information content (AvgIpc) is 2.85. The van der Waals surface area contributed by atoms with Crippen LogP contribution in [0.2, 0.25) is 0 Å². The standard InChI is InChI=1S/C12H9F3N2O2S/c1-19-10(18)9-6-16-11(20-9)17-8-4-2-3-7(5-8)12(13,14)15/h2-6H,1H3,(H,16,17). The molecule has 1 heterocycles. The van der Waals surface area contributed by atoms with Crippen molar-refractivity contribution in [3.8, 4) is 0 Å². The summed E-state index contributed by atoms with van der Waals surface area (Å²) in [4.78, 5) is 15.4. The number of esters is 1. The Kier molecular flexibility index (Phi) is 3.93. The average molecular weight is 302 g/mol. The summed E-state index contributed by atoms with van der Waals surface area (Å²) in [5.41, 5.74) is -0.516. The van der Waals surface area contributed by atoms with Crippen LogP contribution in [0.25, 0.3) is 0 Å². The van der Waals surface area contributed by atoms with Crippen LogP contribution in [0.15, 0.2) is 30.5 Å². The van der Waals surface area contributed by atoms with E-state index in [-0.39, 0.29) is 10.6 Å². The van der Waals surface area contributed by atoms with Crippen LogP contribution in [0.3, 0.4) is 0 Å². The number of benzene rings is 1. The van der Waals surface area contributed by atoms with Crippen molar-refractivity contribution in [1.29, 1.82) is 0 Å². The van der Waals surface area contributed by atoms with Gasteiger partial charge in [-0.3, -0.25) is 0 Å². The highest BCUT2D eigenvalue weighted by Gasteiger charge is 2.30. The summed E-state index contributed by atoms with van der Waals surface area (Å²) in [6, 6.07) is 4.72. The Hall–Kier alpha value is -2.09. The minimum absolute atomic E-state index is 0.241. The maximum atomic E-state index is 12.6. The maximum Gasteiger partial charge on any atom is 0.416 e. The lowest BCUT2D eigenvalue weighted by Gasteiger charge is -2.08. The first-order chi connectivity index (χ1) is 9.40. The van der Waals surface area contributed by atoms with Gasteiger partial charge in [-0.2, -0.15) is 13.2 Å². The summed E-state index contributed by atoms with van der Waals surface area (Å²) < 4.78 is 42.2. The molecule has 0 fully saturated rings. The van der Waals surface area contributed by atoms with E-state index in [0.29, 0.717) is 5.13 Å². The molecule has 0 saturated heterocycles. The van der Waals surface area contributed by atoms with Gasteiger partial charge in [0.25, 0.3) is 0 Å². The van der Waals surface area contributed by atoms with Gasteiger partial charge >= 0.3 is 12.1 Å². The number of nitrogens with zero attached hydrogens (tertiary/aromatic N) is 1. The zero-order valence-corrected chi connectivity index (χ0v) is 11.0. The number of hydrogen-bond donors (Lipinski definition) is 1. The molecule has 20 heavy (non-hydrogen) atoms. The fourth-order valence-corrected chi connectivity index (χ4v) is 2.18. The number of carbonyl (C=O) groups is 1. The molecule has 1 aromatic heterocycles. The molecule has 0 aliphatic carbocycles. The molecule has 0 bridgehead atoms. The minimum atomic E-state index is -4.41. The van der Waals surface area contributed by atoms with Crippen LogP contribution in [0.5, 0.6) is 0 Å². The molecule has 8 heteroatoms. The molecule has 106 valence electrons. The lowest BCUT2D eigenvalue weighted by molar-refractivity contribution is -0.137. The largest absolute Gasteiger partial charge is 0.465 e. The van der Waals surface area contributed by atoms with E-state index in [1.54, 1.807) is 0 Å². The van der Waals surface area contributed by atoms with E-state index in [9.17, 15) is 18.0 Å². The number of aromatic nitrogens is 1. The molecule has 0 atom stereocenters. The second-order valence-electron chi connectivity index (χ2n) is 3.72. The zero-order valence-electron chi connectivity index (χ0n) is 10.2. The molecule has 0 spiro atoms. The van der Waals surface area contributed by atoms with E-state index in [1.165, 1.54) is 25.4 Å². The van der Waals surface area contributed by atoms with Crippen LogP contribution >= 0.6 is 11.3 Å². The van der Waals surface area contributed by atoms with Gasteiger partial charge < -0.3 is 10.1 Å². The van der Waals surface area contributed by atoms with Crippen molar-refractivity contribution in [3.63, 3.8) is 0 Å². The molecule has 0 unspecified atom stereocenters. The zero-order chi connectivity index (χ0) is 14.8. The molecular formula is C12H9F3N2O2S. The van der Waals surface area contributed by atoms with Gasteiger partial charge in [-0.05, 0) is 18.2 Å². The SMILES string of the molecule is COC(=O)c1cnc(Nc2cccc(C(F)(F)F)c2)s1. The minimum Gasteiger partial charge on any atom is -0.465 e. The third-order valence-corrected chi connectivity index (χ3v) is 3.23. The first-order valence-electron chi connectivity index (χ1n) is 5.38. The highest BCUT2D eigenvalue weighted by molar-refractivity contribution is 7.17. The number of hydrogen-bond acceptors (Lipinski definition) is 5.